The van der Waals surface area contributed by atoms with Crippen LogP contribution in [0.1, 0.15) is 24.9 Å². The molecule has 7 heteroatoms. The fraction of sp³-hybridized carbons (Fsp3) is 0.500. The lowest BCUT2D eigenvalue weighted by molar-refractivity contribution is -0.138. The summed E-state index contributed by atoms with van der Waals surface area (Å²) in [4.78, 5) is 28.9. The van der Waals surface area contributed by atoms with Crippen LogP contribution in [0.2, 0.25) is 0 Å². The average Bonchev–Trinajstić information content (AvgIpc) is 2.48. The maximum absolute atomic E-state index is 12.4. The van der Waals surface area contributed by atoms with Gasteiger partial charge in [0, 0.05) is 30.4 Å². The fourth-order valence-corrected chi connectivity index (χ4v) is 3.34. The highest BCUT2D eigenvalue weighted by Gasteiger charge is 2.29. The first-order chi connectivity index (χ1) is 10.1. The summed E-state index contributed by atoms with van der Waals surface area (Å²) < 4.78 is 0. The molecule has 1 aliphatic heterocycles. The maximum atomic E-state index is 12.4. The van der Waals surface area contributed by atoms with Crippen LogP contribution in [-0.4, -0.2) is 51.1 Å². The molecule has 1 fully saturated rings. The van der Waals surface area contributed by atoms with Crippen LogP contribution in [0.25, 0.3) is 0 Å². The Morgan fingerprint density at radius 3 is 3.10 bits per heavy atom. The third-order valence-electron chi connectivity index (χ3n) is 3.42. The number of aliphatic carboxylic acids is 1. The lowest BCUT2D eigenvalue weighted by Crippen LogP contribution is -2.51. The predicted molar refractivity (Wildman–Crippen MR) is 81.3 cm³/mol. The molecule has 114 valence electrons. The fourth-order valence-electron chi connectivity index (χ4n) is 2.28. The third kappa shape index (κ3) is 4.35. The van der Waals surface area contributed by atoms with Gasteiger partial charge in [0.1, 0.15) is 0 Å². The molecule has 2 atom stereocenters. The Morgan fingerprint density at radius 2 is 2.43 bits per heavy atom. The number of hydrogen-bond donors (Lipinski definition) is 2. The number of hydrogen-bond acceptors (Lipinski definition) is 4. The predicted octanol–water partition coefficient (Wildman–Crippen LogP) is 1.74. The van der Waals surface area contributed by atoms with Gasteiger partial charge >= 0.3 is 12.0 Å². The highest BCUT2D eigenvalue weighted by atomic mass is 32.2. The van der Waals surface area contributed by atoms with Crippen molar-refractivity contribution < 1.29 is 14.7 Å². The molecule has 2 heterocycles. The summed E-state index contributed by atoms with van der Waals surface area (Å²) in [6, 6.07) is 3.10. The van der Waals surface area contributed by atoms with Crippen molar-refractivity contribution in [2.24, 2.45) is 0 Å². The van der Waals surface area contributed by atoms with E-state index in [0.717, 1.165) is 11.3 Å². The number of amides is 2. The molecule has 2 rings (SSSR count). The zero-order chi connectivity index (χ0) is 15.2. The normalized spacial score (nSPS) is 19.9. The summed E-state index contributed by atoms with van der Waals surface area (Å²) in [5, 5.41) is 11.9. The molecule has 1 aliphatic rings. The molecule has 2 N–H and O–H groups in total. The van der Waals surface area contributed by atoms with Crippen molar-refractivity contribution in [1.82, 2.24) is 15.2 Å². The minimum absolute atomic E-state index is 0.0122. The number of carbonyl (C=O) groups excluding carboxylic acids is 1. The zero-order valence-electron chi connectivity index (χ0n) is 11.9. The molecular formula is C14H19N3O3S. The molecule has 0 bridgehead atoms. The van der Waals surface area contributed by atoms with E-state index in [1.807, 2.05) is 19.1 Å². The maximum Gasteiger partial charge on any atom is 0.318 e. The van der Waals surface area contributed by atoms with E-state index in [0.29, 0.717) is 12.3 Å². The van der Waals surface area contributed by atoms with Gasteiger partial charge in [-0.15, -0.1) is 0 Å². The van der Waals surface area contributed by atoms with Crippen molar-refractivity contribution in [3.05, 3.63) is 30.1 Å². The number of nitrogens with one attached hydrogen (secondary N) is 1. The van der Waals surface area contributed by atoms with E-state index in [-0.39, 0.29) is 24.5 Å². The molecule has 1 aromatic rings. The zero-order valence-corrected chi connectivity index (χ0v) is 12.7. The summed E-state index contributed by atoms with van der Waals surface area (Å²) in [7, 11) is 0. The molecule has 1 aromatic heterocycles. The van der Waals surface area contributed by atoms with Gasteiger partial charge in [-0.25, -0.2) is 4.79 Å². The van der Waals surface area contributed by atoms with Crippen molar-refractivity contribution in [1.29, 1.82) is 0 Å². The van der Waals surface area contributed by atoms with Crippen LogP contribution in [0, 0.1) is 0 Å². The minimum Gasteiger partial charge on any atom is -0.481 e. The molecule has 0 spiro atoms. The van der Waals surface area contributed by atoms with Crippen LogP contribution < -0.4 is 5.32 Å². The van der Waals surface area contributed by atoms with Gasteiger partial charge in [0.2, 0.25) is 0 Å². The lowest BCUT2D eigenvalue weighted by atomic mass is 10.1. The second-order valence-electron chi connectivity index (χ2n) is 4.98. The number of carbonyl (C=O) groups is 2. The molecule has 0 aliphatic carbocycles. The summed E-state index contributed by atoms with van der Waals surface area (Å²) >= 11 is 1.69. The summed E-state index contributed by atoms with van der Waals surface area (Å²) in [6.45, 7) is 2.47. The Balaban J connectivity index is 1.98. The summed E-state index contributed by atoms with van der Waals surface area (Å²) in [5.41, 5.74) is 0.923. The van der Waals surface area contributed by atoms with Crippen LogP contribution in [-0.2, 0) is 4.79 Å². The lowest BCUT2D eigenvalue weighted by Gasteiger charge is -2.35. The first kappa shape index (κ1) is 15.6. The van der Waals surface area contributed by atoms with Crippen LogP contribution in [0.5, 0.6) is 0 Å². The van der Waals surface area contributed by atoms with Gasteiger partial charge in [-0.2, -0.15) is 11.8 Å². The first-order valence-electron chi connectivity index (χ1n) is 6.84. The van der Waals surface area contributed by atoms with Crippen molar-refractivity contribution in [3.8, 4) is 0 Å². The number of rotatable bonds is 4. The smallest absolute Gasteiger partial charge is 0.318 e. The molecule has 2 unspecified atom stereocenters. The van der Waals surface area contributed by atoms with Gasteiger partial charge in [0.15, 0.2) is 0 Å². The van der Waals surface area contributed by atoms with E-state index in [1.54, 1.807) is 29.1 Å². The Morgan fingerprint density at radius 1 is 1.62 bits per heavy atom. The summed E-state index contributed by atoms with van der Waals surface area (Å²) in [5.74, 6) is 0.631. The van der Waals surface area contributed by atoms with Crippen molar-refractivity contribution >= 4 is 23.8 Å². The highest BCUT2D eigenvalue weighted by Crippen LogP contribution is 2.20. The van der Waals surface area contributed by atoms with Crippen molar-refractivity contribution in [2.75, 3.05) is 18.1 Å². The van der Waals surface area contributed by atoms with Crippen LogP contribution in [0.15, 0.2) is 24.5 Å². The number of aromatic nitrogens is 1. The third-order valence-corrected chi connectivity index (χ3v) is 4.51. The first-order valence-corrected chi connectivity index (χ1v) is 8.00. The Bertz CT molecular complexity index is 497. The quantitative estimate of drug-likeness (QED) is 0.885. The van der Waals surface area contributed by atoms with Crippen LogP contribution in [0.3, 0.4) is 0 Å². The Hall–Kier alpha value is -1.76. The van der Waals surface area contributed by atoms with E-state index >= 15 is 0 Å². The molecule has 1 saturated heterocycles. The molecule has 0 saturated carbocycles. The van der Waals surface area contributed by atoms with Gasteiger partial charge in [-0.05, 0) is 18.6 Å². The van der Waals surface area contributed by atoms with E-state index in [1.165, 1.54) is 0 Å². The van der Waals surface area contributed by atoms with Gasteiger partial charge in [-0.3, -0.25) is 9.78 Å². The van der Waals surface area contributed by atoms with Gasteiger partial charge in [0.05, 0.1) is 18.5 Å². The second-order valence-corrected chi connectivity index (χ2v) is 6.13. The van der Waals surface area contributed by atoms with Gasteiger partial charge in [0.25, 0.3) is 0 Å². The van der Waals surface area contributed by atoms with Crippen molar-refractivity contribution in [2.45, 2.75) is 25.4 Å². The van der Waals surface area contributed by atoms with Crippen LogP contribution in [0.4, 0.5) is 4.79 Å². The molecular weight excluding hydrogens is 290 g/mol. The number of pyridine rings is 1. The second kappa shape index (κ2) is 7.31. The number of nitrogens with zero attached hydrogens (tertiary/aromatic N) is 2. The molecule has 21 heavy (non-hydrogen) atoms. The topological polar surface area (TPSA) is 82.5 Å². The van der Waals surface area contributed by atoms with Crippen molar-refractivity contribution in [3.63, 3.8) is 0 Å². The molecule has 2 amide bonds. The highest BCUT2D eigenvalue weighted by molar-refractivity contribution is 7.99. The number of carboxylic acid groups (broad SMARTS) is 1. The van der Waals surface area contributed by atoms with Gasteiger partial charge in [-0.1, -0.05) is 6.07 Å². The number of thioether (sulfide) groups is 1. The Kier molecular flexibility index (Phi) is 5.44. The summed E-state index contributed by atoms with van der Waals surface area (Å²) in [6.07, 6.45) is 3.39. The van der Waals surface area contributed by atoms with Gasteiger partial charge < -0.3 is 15.3 Å². The number of carboxylic acids is 1. The van der Waals surface area contributed by atoms with E-state index in [4.69, 9.17) is 5.11 Å². The Labute approximate surface area is 127 Å². The molecule has 0 radical (unpaired) electrons. The van der Waals surface area contributed by atoms with E-state index in [9.17, 15) is 9.59 Å². The van der Waals surface area contributed by atoms with Crippen LogP contribution >= 0.6 is 11.8 Å². The monoisotopic (exact) mass is 309 g/mol. The standard InChI is InChI=1S/C14H19N3O3S/c1-10(11-3-2-4-15-8-11)16-14(20)17-5-6-21-9-12(17)7-13(18)19/h2-4,8,10,12H,5-7,9H2,1H3,(H,16,20)(H,18,19). The molecule has 0 aromatic carbocycles. The largest absolute Gasteiger partial charge is 0.481 e. The SMILES string of the molecule is CC(NC(=O)N1CCSCC1CC(=O)O)c1cccnc1. The molecule has 6 nitrogen and oxygen atoms in total. The average molecular weight is 309 g/mol. The van der Waals surface area contributed by atoms with E-state index in [2.05, 4.69) is 10.3 Å². The minimum atomic E-state index is -0.874. The number of urea groups is 1. The van der Waals surface area contributed by atoms with E-state index < -0.39 is 5.97 Å².